The van der Waals surface area contributed by atoms with E-state index < -0.39 is 60.7 Å². The van der Waals surface area contributed by atoms with Crippen molar-refractivity contribution in [1.82, 2.24) is 5.32 Å². The van der Waals surface area contributed by atoms with Crippen LogP contribution in [0.25, 0.3) is 0 Å². The van der Waals surface area contributed by atoms with Crippen LogP contribution in [0.2, 0.25) is 0 Å². The van der Waals surface area contributed by atoms with Crippen molar-refractivity contribution in [2.24, 2.45) is 0 Å². The third kappa shape index (κ3) is 6.67. The van der Waals surface area contributed by atoms with Crippen molar-refractivity contribution in [2.45, 2.75) is 31.2 Å². The number of halogens is 9. The fraction of sp³-hybridized carbons (Fsp3) is 0.467. The fourth-order valence-corrected chi connectivity index (χ4v) is 1.93. The van der Waals surface area contributed by atoms with Crippen LogP contribution in [0.4, 0.5) is 50.0 Å². The highest BCUT2D eigenvalue weighted by Crippen LogP contribution is 2.35. The van der Waals surface area contributed by atoms with Gasteiger partial charge in [-0.3, -0.25) is 5.32 Å². The van der Waals surface area contributed by atoms with Crippen molar-refractivity contribution in [3.63, 3.8) is 0 Å². The minimum absolute atomic E-state index is 0.343. The molecule has 2 amide bonds. The van der Waals surface area contributed by atoms with E-state index in [0.717, 1.165) is 24.4 Å². The van der Waals surface area contributed by atoms with Gasteiger partial charge < -0.3 is 14.8 Å². The molecule has 1 aromatic carbocycles. The van der Waals surface area contributed by atoms with E-state index >= 15 is 0 Å². The summed E-state index contributed by atoms with van der Waals surface area (Å²) in [6, 6.07) is 0.609. The number of carbonyl (C=O) groups excluding carboxylic acids is 2. The number of urea groups is 1. The Morgan fingerprint density at radius 2 is 1.60 bits per heavy atom. The summed E-state index contributed by atoms with van der Waals surface area (Å²) in [5.41, 5.74) is -6.52. The molecule has 30 heavy (non-hydrogen) atoms. The van der Waals surface area contributed by atoms with Gasteiger partial charge in [-0.05, 0) is 25.1 Å². The van der Waals surface area contributed by atoms with Crippen LogP contribution in [0.1, 0.15) is 12.5 Å². The maximum atomic E-state index is 13.5. The third-order valence-electron chi connectivity index (χ3n) is 3.15. The Morgan fingerprint density at radius 3 is 2.07 bits per heavy atom. The molecule has 2 N–H and O–H groups in total. The van der Waals surface area contributed by atoms with Crippen molar-refractivity contribution in [2.75, 3.05) is 18.5 Å². The molecule has 0 bridgehead atoms. The molecule has 0 aliphatic rings. The number of amides is 2. The van der Waals surface area contributed by atoms with E-state index in [1.165, 1.54) is 0 Å². The zero-order valence-electron chi connectivity index (χ0n) is 14.8. The van der Waals surface area contributed by atoms with Crippen LogP contribution in [0, 0.1) is 0 Å². The Hall–Kier alpha value is -2.71. The van der Waals surface area contributed by atoms with Crippen LogP contribution in [-0.2, 0) is 20.4 Å². The number of carbonyl (C=O) groups is 2. The average molecular weight is 456 g/mol. The monoisotopic (exact) mass is 456 g/mol. The Kier molecular flexibility index (Phi) is 7.57. The van der Waals surface area contributed by atoms with Gasteiger partial charge in [0.15, 0.2) is 0 Å². The first kappa shape index (κ1) is 25.3. The number of rotatable bonds is 6. The van der Waals surface area contributed by atoms with Gasteiger partial charge in [0.2, 0.25) is 0 Å². The highest BCUT2D eigenvalue weighted by molar-refractivity contribution is 5.94. The molecule has 15 heteroatoms. The summed E-state index contributed by atoms with van der Waals surface area (Å²) in [6.07, 6.45) is -16.1. The zero-order chi connectivity index (χ0) is 23.4. The van der Waals surface area contributed by atoms with Crippen LogP contribution in [-0.4, -0.2) is 43.3 Å². The molecule has 0 saturated heterocycles. The summed E-state index contributed by atoms with van der Waals surface area (Å²) in [5.74, 6) is -2.42. The fourth-order valence-electron chi connectivity index (χ4n) is 1.93. The van der Waals surface area contributed by atoms with Gasteiger partial charge in [0, 0.05) is 5.69 Å². The summed E-state index contributed by atoms with van der Waals surface area (Å²) in [5, 5.41) is 2.44. The number of alkyl halides is 9. The lowest BCUT2D eigenvalue weighted by Gasteiger charge is -2.33. The standard InChI is InChI=1S/C15H13F9N2O4/c1-2-29-10(27)13(15(22,23)24,30-7-12(16,17)18)26-11(28)25-9-5-3-4-8(6-9)14(19,20)21/h3-6H,2,7H2,1H3,(H2,25,26,28). The Bertz CT molecular complexity index is 762. The number of ether oxygens (including phenoxy) is 2. The number of benzene rings is 1. The van der Waals surface area contributed by atoms with E-state index in [9.17, 15) is 49.1 Å². The van der Waals surface area contributed by atoms with Crippen LogP contribution >= 0.6 is 0 Å². The molecule has 0 heterocycles. The molecule has 0 spiro atoms. The molecule has 0 aliphatic carbocycles. The van der Waals surface area contributed by atoms with Crippen LogP contribution in [0.15, 0.2) is 24.3 Å². The zero-order valence-corrected chi connectivity index (χ0v) is 14.8. The largest absolute Gasteiger partial charge is 0.462 e. The first-order valence-electron chi connectivity index (χ1n) is 7.73. The van der Waals surface area contributed by atoms with Crippen LogP contribution in [0.5, 0.6) is 0 Å². The average Bonchev–Trinajstić information content (AvgIpc) is 2.56. The van der Waals surface area contributed by atoms with Crippen molar-refractivity contribution < 1.29 is 58.6 Å². The maximum Gasteiger partial charge on any atom is 0.448 e. The van der Waals surface area contributed by atoms with Crippen LogP contribution in [0.3, 0.4) is 0 Å². The van der Waals surface area contributed by atoms with E-state index in [1.54, 1.807) is 5.32 Å². The van der Waals surface area contributed by atoms with Crippen molar-refractivity contribution in [1.29, 1.82) is 0 Å². The number of esters is 1. The lowest BCUT2D eigenvalue weighted by molar-refractivity contribution is -0.305. The molecule has 0 aromatic heterocycles. The van der Waals surface area contributed by atoms with Gasteiger partial charge in [-0.25, -0.2) is 9.59 Å². The minimum Gasteiger partial charge on any atom is -0.462 e. The van der Waals surface area contributed by atoms with E-state index in [4.69, 9.17) is 0 Å². The number of hydrogen-bond donors (Lipinski definition) is 2. The summed E-state index contributed by atoms with van der Waals surface area (Å²) < 4.78 is 123. The molecule has 0 radical (unpaired) electrons. The second kappa shape index (κ2) is 8.97. The number of anilines is 1. The van der Waals surface area contributed by atoms with Gasteiger partial charge in [-0.1, -0.05) is 6.07 Å². The molecule has 0 saturated carbocycles. The number of nitrogens with one attached hydrogen (secondary N) is 2. The predicted molar refractivity (Wildman–Crippen MR) is 81.0 cm³/mol. The molecule has 170 valence electrons. The number of hydrogen-bond acceptors (Lipinski definition) is 4. The minimum atomic E-state index is -5.93. The molecular weight excluding hydrogens is 443 g/mol. The lowest BCUT2D eigenvalue weighted by Crippen LogP contribution is -2.67. The highest BCUT2D eigenvalue weighted by atomic mass is 19.4. The van der Waals surface area contributed by atoms with Crippen molar-refractivity contribution in [3.8, 4) is 0 Å². The summed E-state index contributed by atoms with van der Waals surface area (Å²) in [7, 11) is 0. The molecule has 6 nitrogen and oxygen atoms in total. The van der Waals surface area contributed by atoms with E-state index in [-0.39, 0.29) is 0 Å². The second-order valence-corrected chi connectivity index (χ2v) is 5.46. The van der Waals surface area contributed by atoms with Gasteiger partial charge in [-0.15, -0.1) is 0 Å². The van der Waals surface area contributed by atoms with Crippen molar-refractivity contribution in [3.05, 3.63) is 29.8 Å². The Balaban J connectivity index is 3.22. The van der Waals surface area contributed by atoms with E-state index in [0.29, 0.717) is 12.1 Å². The first-order chi connectivity index (χ1) is 13.5. The van der Waals surface area contributed by atoms with E-state index in [2.05, 4.69) is 9.47 Å². The Labute approximate surface area is 162 Å². The molecule has 1 unspecified atom stereocenters. The van der Waals surface area contributed by atoms with Gasteiger partial charge in [-0.2, -0.15) is 39.5 Å². The van der Waals surface area contributed by atoms with Gasteiger partial charge >= 0.3 is 36.3 Å². The molecular formula is C15H13F9N2O4. The molecule has 1 aromatic rings. The quantitative estimate of drug-likeness (QED) is 0.382. The second-order valence-electron chi connectivity index (χ2n) is 5.46. The summed E-state index contributed by atoms with van der Waals surface area (Å²) in [4.78, 5) is 23.7. The molecule has 1 atom stereocenters. The van der Waals surface area contributed by atoms with Crippen molar-refractivity contribution >= 4 is 17.7 Å². The topological polar surface area (TPSA) is 76.7 Å². The lowest BCUT2D eigenvalue weighted by atomic mass is 10.2. The first-order valence-corrected chi connectivity index (χ1v) is 7.73. The van der Waals surface area contributed by atoms with Gasteiger partial charge in [0.1, 0.15) is 6.61 Å². The van der Waals surface area contributed by atoms with Crippen LogP contribution < -0.4 is 10.6 Å². The SMILES string of the molecule is CCOC(=O)C(NC(=O)Nc1cccc(C(F)(F)F)c1)(OCC(F)(F)F)C(F)(F)F. The maximum absolute atomic E-state index is 13.5. The van der Waals surface area contributed by atoms with Gasteiger partial charge in [0.05, 0.1) is 12.2 Å². The highest BCUT2D eigenvalue weighted by Gasteiger charge is 2.66. The van der Waals surface area contributed by atoms with Gasteiger partial charge in [0.25, 0.3) is 0 Å². The Morgan fingerprint density at radius 1 is 1.00 bits per heavy atom. The third-order valence-corrected chi connectivity index (χ3v) is 3.15. The molecule has 0 aliphatic heterocycles. The molecule has 1 rings (SSSR count). The summed E-state index contributed by atoms with van der Waals surface area (Å²) in [6.45, 7) is -2.29. The normalized spacial score (nSPS) is 14.6. The predicted octanol–water partition coefficient (Wildman–Crippen LogP) is 4.23. The smallest absolute Gasteiger partial charge is 0.448 e. The van der Waals surface area contributed by atoms with E-state index in [1.807, 2.05) is 0 Å². The summed E-state index contributed by atoms with van der Waals surface area (Å²) >= 11 is 0. The molecule has 0 fully saturated rings.